The number of H-pyrrole nitrogens is 1. The van der Waals surface area contributed by atoms with Gasteiger partial charge in [-0.15, -0.1) is 11.8 Å². The molecule has 2 aliphatic rings. The second-order valence-electron chi connectivity index (χ2n) is 8.00. The summed E-state index contributed by atoms with van der Waals surface area (Å²) in [6, 6.07) is 10.5. The predicted octanol–water partition coefficient (Wildman–Crippen LogP) is 3.65. The van der Waals surface area contributed by atoms with Gasteiger partial charge < -0.3 is 15.4 Å². The van der Waals surface area contributed by atoms with Gasteiger partial charge in [-0.1, -0.05) is 17.7 Å². The Kier molecular flexibility index (Phi) is 5.44. The van der Waals surface area contributed by atoms with Crippen molar-refractivity contribution in [3.63, 3.8) is 0 Å². The van der Waals surface area contributed by atoms with Gasteiger partial charge in [-0.3, -0.25) is 4.79 Å². The maximum Gasteiger partial charge on any atom is 0.169 e. The normalized spacial score (nSPS) is 27.7. The fourth-order valence-electron chi connectivity index (χ4n) is 4.31. The highest BCUT2D eigenvalue weighted by Gasteiger charge is 2.36. The van der Waals surface area contributed by atoms with Gasteiger partial charge in [-0.25, -0.2) is 0 Å². The van der Waals surface area contributed by atoms with Crippen molar-refractivity contribution >= 4 is 17.5 Å². The number of hydrogen-bond donors (Lipinski definition) is 3. The van der Waals surface area contributed by atoms with Gasteiger partial charge in [-0.2, -0.15) is 0 Å². The number of Topliss-reactive ketones (excluding diaryl/α,β-unsaturated/α-hetero) is 1. The number of carbonyl (C=O) groups excluding carboxylic acids is 1. The van der Waals surface area contributed by atoms with Gasteiger partial charge in [0.2, 0.25) is 0 Å². The maximum absolute atomic E-state index is 12.7. The largest absolute Gasteiger partial charge is 0.390 e. The summed E-state index contributed by atoms with van der Waals surface area (Å²) in [5.41, 5.74) is 4.27. The average Bonchev–Trinajstić information content (AvgIpc) is 3.20. The van der Waals surface area contributed by atoms with Crippen LogP contribution in [0, 0.1) is 19.8 Å². The Hall–Kier alpha value is -1.56. The Labute approximate surface area is 165 Å². The summed E-state index contributed by atoms with van der Waals surface area (Å²) in [6.45, 7) is 4.74. The Balaban J connectivity index is 1.31. The number of thioether (sulfide) groups is 1. The van der Waals surface area contributed by atoms with Crippen molar-refractivity contribution in [2.45, 2.75) is 61.8 Å². The SMILES string of the molecule is Cc1ccc(SC2CCC(NCC3CCc4[nH]c(C)cc4C3=O)C2O)cc1. The van der Waals surface area contributed by atoms with E-state index in [0.29, 0.717) is 6.54 Å². The van der Waals surface area contributed by atoms with Crippen LogP contribution in [-0.4, -0.2) is 39.8 Å². The number of benzene rings is 1. The van der Waals surface area contributed by atoms with Crippen LogP contribution in [0.15, 0.2) is 35.2 Å². The molecule has 0 amide bonds. The zero-order valence-corrected chi connectivity index (χ0v) is 16.8. The highest BCUT2D eigenvalue weighted by Crippen LogP contribution is 2.35. The molecule has 144 valence electrons. The predicted molar refractivity (Wildman–Crippen MR) is 110 cm³/mol. The summed E-state index contributed by atoms with van der Waals surface area (Å²) in [5, 5.41) is 14.5. The molecule has 27 heavy (non-hydrogen) atoms. The number of ketones is 1. The zero-order valence-electron chi connectivity index (χ0n) is 16.0. The molecule has 2 aliphatic carbocycles. The number of aliphatic hydroxyl groups is 1. The van der Waals surface area contributed by atoms with Gasteiger partial charge in [0.1, 0.15) is 0 Å². The van der Waals surface area contributed by atoms with E-state index in [1.165, 1.54) is 10.5 Å². The molecule has 3 N–H and O–H groups in total. The minimum atomic E-state index is -0.375. The summed E-state index contributed by atoms with van der Waals surface area (Å²) < 4.78 is 0. The Morgan fingerprint density at radius 2 is 1.96 bits per heavy atom. The second-order valence-corrected chi connectivity index (χ2v) is 9.31. The molecular formula is C22H28N2O2S. The van der Waals surface area contributed by atoms with E-state index in [9.17, 15) is 9.90 Å². The first-order chi connectivity index (χ1) is 13.0. The van der Waals surface area contributed by atoms with Crippen molar-refractivity contribution in [3.8, 4) is 0 Å². The fraction of sp³-hybridized carbons (Fsp3) is 0.500. The van der Waals surface area contributed by atoms with Crippen molar-refractivity contribution in [1.29, 1.82) is 0 Å². The minimum absolute atomic E-state index is 0.0173. The van der Waals surface area contributed by atoms with E-state index >= 15 is 0 Å². The molecule has 4 atom stereocenters. The molecule has 1 aromatic carbocycles. The third kappa shape index (κ3) is 4.00. The van der Waals surface area contributed by atoms with Crippen molar-refractivity contribution in [2.24, 2.45) is 5.92 Å². The Bertz CT molecular complexity index is 814. The molecule has 1 aromatic heterocycles. The summed E-state index contributed by atoms with van der Waals surface area (Å²) in [7, 11) is 0. The Morgan fingerprint density at radius 3 is 2.74 bits per heavy atom. The number of carbonyl (C=O) groups is 1. The van der Waals surface area contributed by atoms with Crippen molar-refractivity contribution < 1.29 is 9.90 Å². The first-order valence-electron chi connectivity index (χ1n) is 9.88. The van der Waals surface area contributed by atoms with E-state index in [4.69, 9.17) is 0 Å². The van der Waals surface area contributed by atoms with Crippen molar-refractivity contribution in [2.75, 3.05) is 6.54 Å². The number of nitrogens with one attached hydrogen (secondary N) is 2. The van der Waals surface area contributed by atoms with E-state index in [1.807, 2.05) is 13.0 Å². The summed E-state index contributed by atoms with van der Waals surface area (Å²) in [5.74, 6) is 0.259. The van der Waals surface area contributed by atoms with Gasteiger partial charge in [0.15, 0.2) is 5.78 Å². The van der Waals surface area contributed by atoms with Crippen LogP contribution in [0.5, 0.6) is 0 Å². The van der Waals surface area contributed by atoms with Gasteiger partial charge in [-0.05, 0) is 57.7 Å². The molecule has 1 saturated carbocycles. The van der Waals surface area contributed by atoms with E-state index in [0.717, 1.165) is 42.6 Å². The first kappa shape index (κ1) is 18.8. The highest BCUT2D eigenvalue weighted by molar-refractivity contribution is 8.00. The molecule has 0 radical (unpaired) electrons. The third-order valence-electron chi connectivity index (χ3n) is 5.90. The number of fused-ring (bicyclic) bond motifs is 1. The van der Waals surface area contributed by atoms with Crippen LogP contribution in [0.2, 0.25) is 0 Å². The van der Waals surface area contributed by atoms with Crippen molar-refractivity contribution in [3.05, 3.63) is 52.8 Å². The van der Waals surface area contributed by atoms with E-state index in [-0.39, 0.29) is 29.1 Å². The lowest BCUT2D eigenvalue weighted by molar-refractivity contribution is 0.0887. The molecule has 1 fully saturated rings. The molecule has 4 rings (SSSR count). The van der Waals surface area contributed by atoms with Gasteiger partial charge in [0, 0.05) is 45.6 Å². The molecule has 5 heteroatoms. The monoisotopic (exact) mass is 384 g/mol. The van der Waals surface area contributed by atoms with Crippen LogP contribution in [-0.2, 0) is 6.42 Å². The van der Waals surface area contributed by atoms with Crippen LogP contribution in [0.3, 0.4) is 0 Å². The zero-order chi connectivity index (χ0) is 19.0. The standard InChI is InChI=1S/C22H28N2O2S/c1-13-3-6-16(7-4-13)27-20-10-9-19(22(20)26)23-12-15-5-8-18-17(21(15)25)11-14(2)24-18/h3-4,6-7,11,15,19-20,22-24,26H,5,8-10,12H2,1-2H3. The van der Waals surface area contributed by atoms with Crippen LogP contribution >= 0.6 is 11.8 Å². The number of aromatic amines is 1. The smallest absolute Gasteiger partial charge is 0.169 e. The van der Waals surface area contributed by atoms with Crippen LogP contribution < -0.4 is 5.32 Å². The number of rotatable bonds is 5. The van der Waals surface area contributed by atoms with Gasteiger partial charge in [0.25, 0.3) is 0 Å². The minimum Gasteiger partial charge on any atom is -0.390 e. The lowest BCUT2D eigenvalue weighted by atomic mass is 9.86. The average molecular weight is 385 g/mol. The molecule has 0 saturated heterocycles. The number of aliphatic hydroxyl groups excluding tert-OH is 1. The highest BCUT2D eigenvalue weighted by atomic mass is 32.2. The van der Waals surface area contributed by atoms with Crippen molar-refractivity contribution in [1.82, 2.24) is 10.3 Å². The molecule has 0 aliphatic heterocycles. The Morgan fingerprint density at radius 1 is 1.19 bits per heavy atom. The molecular weight excluding hydrogens is 356 g/mol. The number of aromatic nitrogens is 1. The quantitative estimate of drug-likeness (QED) is 0.736. The second kappa shape index (κ2) is 7.82. The molecule has 4 nitrogen and oxygen atoms in total. The number of aryl methyl sites for hydroxylation is 3. The first-order valence-corrected chi connectivity index (χ1v) is 10.8. The van der Waals surface area contributed by atoms with E-state index < -0.39 is 0 Å². The molecule has 0 spiro atoms. The van der Waals surface area contributed by atoms with Crippen LogP contribution in [0.25, 0.3) is 0 Å². The summed E-state index contributed by atoms with van der Waals surface area (Å²) in [4.78, 5) is 17.2. The molecule has 0 bridgehead atoms. The van der Waals surface area contributed by atoms with Gasteiger partial charge in [0.05, 0.1) is 6.10 Å². The topological polar surface area (TPSA) is 65.1 Å². The molecule has 4 unspecified atom stereocenters. The number of hydrogen-bond acceptors (Lipinski definition) is 4. The van der Waals surface area contributed by atoms with Crippen LogP contribution in [0.4, 0.5) is 0 Å². The lowest BCUT2D eigenvalue weighted by Gasteiger charge is -2.25. The van der Waals surface area contributed by atoms with Crippen LogP contribution in [0.1, 0.15) is 46.6 Å². The third-order valence-corrected chi connectivity index (χ3v) is 7.26. The summed E-state index contributed by atoms with van der Waals surface area (Å²) in [6.07, 6.45) is 3.39. The van der Waals surface area contributed by atoms with E-state index in [1.54, 1.807) is 11.8 Å². The van der Waals surface area contributed by atoms with Gasteiger partial charge >= 0.3 is 0 Å². The summed E-state index contributed by atoms with van der Waals surface area (Å²) >= 11 is 1.77. The lowest BCUT2D eigenvalue weighted by Crippen LogP contribution is -2.43. The fourth-order valence-corrected chi connectivity index (χ4v) is 5.53. The maximum atomic E-state index is 12.7. The molecule has 1 heterocycles. The van der Waals surface area contributed by atoms with E-state index in [2.05, 4.69) is 41.5 Å². The molecule has 2 aromatic rings.